The van der Waals surface area contributed by atoms with Crippen molar-refractivity contribution < 1.29 is 9.18 Å². The van der Waals surface area contributed by atoms with E-state index in [2.05, 4.69) is 11.4 Å². The van der Waals surface area contributed by atoms with Crippen LogP contribution in [0, 0.1) is 17.1 Å². The molecule has 0 radical (unpaired) electrons. The number of benzene rings is 2. The standard InChI is InChI=1S/C21H15FN2OS/c22-17-5-3-16(4-6-17)20-11-9-19(26-20)10-12-21(25)24-18-7-1-15(2-8-18)13-14-23/h1-12H,13H2,(H,24,25)/b12-10+. The molecule has 0 bridgehead atoms. The van der Waals surface area contributed by atoms with Crippen LogP contribution in [0.15, 0.2) is 66.7 Å². The number of hydrogen-bond acceptors (Lipinski definition) is 3. The summed E-state index contributed by atoms with van der Waals surface area (Å²) < 4.78 is 13.0. The van der Waals surface area contributed by atoms with Gasteiger partial charge in [-0.3, -0.25) is 4.79 Å². The van der Waals surface area contributed by atoms with Crippen molar-refractivity contribution in [2.24, 2.45) is 0 Å². The van der Waals surface area contributed by atoms with E-state index in [4.69, 9.17) is 5.26 Å². The van der Waals surface area contributed by atoms with Gasteiger partial charge >= 0.3 is 0 Å². The van der Waals surface area contributed by atoms with Crippen molar-refractivity contribution in [1.29, 1.82) is 5.26 Å². The van der Waals surface area contributed by atoms with Gasteiger partial charge in [0, 0.05) is 21.5 Å². The Morgan fingerprint density at radius 3 is 2.50 bits per heavy atom. The van der Waals surface area contributed by atoms with Gasteiger partial charge in [0.05, 0.1) is 12.5 Å². The van der Waals surface area contributed by atoms with E-state index in [1.54, 1.807) is 30.3 Å². The first-order chi connectivity index (χ1) is 12.6. The maximum atomic E-state index is 13.0. The fourth-order valence-electron chi connectivity index (χ4n) is 2.35. The van der Waals surface area contributed by atoms with E-state index in [1.165, 1.54) is 29.5 Å². The summed E-state index contributed by atoms with van der Waals surface area (Å²) in [7, 11) is 0. The molecule has 1 amide bonds. The van der Waals surface area contributed by atoms with Crippen molar-refractivity contribution in [3.05, 3.63) is 83.0 Å². The fourth-order valence-corrected chi connectivity index (χ4v) is 3.27. The van der Waals surface area contributed by atoms with Crippen LogP contribution in [-0.4, -0.2) is 5.91 Å². The molecule has 128 valence electrons. The number of halogens is 1. The van der Waals surface area contributed by atoms with Crippen LogP contribution in [0.1, 0.15) is 10.4 Å². The van der Waals surface area contributed by atoms with Gasteiger partial charge in [-0.15, -0.1) is 11.3 Å². The average Bonchev–Trinajstić information content (AvgIpc) is 3.11. The fraction of sp³-hybridized carbons (Fsp3) is 0.0476. The van der Waals surface area contributed by atoms with Crippen molar-refractivity contribution in [2.45, 2.75) is 6.42 Å². The molecular weight excluding hydrogens is 347 g/mol. The molecular formula is C21H15FN2OS. The molecule has 0 fully saturated rings. The van der Waals surface area contributed by atoms with E-state index in [1.807, 2.05) is 24.3 Å². The van der Waals surface area contributed by atoms with Gasteiger partial charge in [0.2, 0.25) is 5.91 Å². The Hall–Kier alpha value is -3.23. The van der Waals surface area contributed by atoms with Gasteiger partial charge < -0.3 is 5.32 Å². The number of nitriles is 1. The zero-order chi connectivity index (χ0) is 18.4. The Kier molecular flexibility index (Phi) is 5.57. The molecule has 0 saturated carbocycles. The van der Waals surface area contributed by atoms with Crippen LogP contribution in [0.3, 0.4) is 0 Å². The van der Waals surface area contributed by atoms with Gasteiger partial charge in [-0.05, 0) is 53.6 Å². The topological polar surface area (TPSA) is 52.9 Å². The first-order valence-electron chi connectivity index (χ1n) is 7.95. The molecule has 1 aromatic heterocycles. The molecule has 5 heteroatoms. The number of carbonyl (C=O) groups excluding carboxylic acids is 1. The summed E-state index contributed by atoms with van der Waals surface area (Å²) in [4.78, 5) is 14.0. The molecule has 0 aliphatic heterocycles. The van der Waals surface area contributed by atoms with Crippen molar-refractivity contribution >= 4 is 29.0 Å². The summed E-state index contributed by atoms with van der Waals surface area (Å²) in [5.74, 6) is -0.488. The molecule has 0 aliphatic carbocycles. The van der Waals surface area contributed by atoms with E-state index in [9.17, 15) is 9.18 Å². The van der Waals surface area contributed by atoms with Gasteiger partial charge in [-0.25, -0.2) is 4.39 Å². The van der Waals surface area contributed by atoms with E-state index >= 15 is 0 Å². The van der Waals surface area contributed by atoms with Crippen LogP contribution < -0.4 is 5.32 Å². The molecule has 26 heavy (non-hydrogen) atoms. The largest absolute Gasteiger partial charge is 0.323 e. The Balaban J connectivity index is 1.61. The minimum Gasteiger partial charge on any atom is -0.323 e. The first kappa shape index (κ1) is 17.6. The minimum absolute atomic E-state index is 0.227. The Bertz CT molecular complexity index is 966. The van der Waals surface area contributed by atoms with Crippen LogP contribution in [0.4, 0.5) is 10.1 Å². The van der Waals surface area contributed by atoms with Gasteiger partial charge in [0.1, 0.15) is 5.82 Å². The zero-order valence-corrected chi connectivity index (χ0v) is 14.6. The summed E-state index contributed by atoms with van der Waals surface area (Å²) in [5.41, 5.74) is 2.53. The highest BCUT2D eigenvalue weighted by molar-refractivity contribution is 7.16. The Morgan fingerprint density at radius 1 is 1.08 bits per heavy atom. The van der Waals surface area contributed by atoms with Gasteiger partial charge in [0.25, 0.3) is 0 Å². The molecule has 0 saturated heterocycles. The molecule has 0 atom stereocenters. The quantitative estimate of drug-likeness (QED) is 0.629. The summed E-state index contributed by atoms with van der Waals surface area (Å²) in [6, 6.07) is 19.5. The molecule has 2 aromatic carbocycles. The van der Waals surface area contributed by atoms with E-state index in [0.29, 0.717) is 12.1 Å². The predicted octanol–water partition coefficient (Wildman–Crippen LogP) is 5.27. The zero-order valence-electron chi connectivity index (χ0n) is 13.8. The van der Waals surface area contributed by atoms with E-state index in [0.717, 1.165) is 20.9 Å². The van der Waals surface area contributed by atoms with Crippen molar-refractivity contribution in [2.75, 3.05) is 5.32 Å². The SMILES string of the molecule is N#CCc1ccc(NC(=O)/C=C/c2ccc(-c3ccc(F)cc3)s2)cc1. The summed E-state index contributed by atoms with van der Waals surface area (Å²) >= 11 is 1.53. The van der Waals surface area contributed by atoms with Gasteiger partial charge in [-0.2, -0.15) is 5.26 Å². The smallest absolute Gasteiger partial charge is 0.248 e. The molecule has 1 heterocycles. The van der Waals surface area contributed by atoms with Crippen LogP contribution in [0.5, 0.6) is 0 Å². The number of carbonyl (C=O) groups is 1. The molecule has 0 spiro atoms. The molecule has 0 unspecified atom stereocenters. The molecule has 0 aliphatic rings. The molecule has 3 nitrogen and oxygen atoms in total. The summed E-state index contributed by atoms with van der Waals surface area (Å²) in [6.07, 6.45) is 3.57. The lowest BCUT2D eigenvalue weighted by atomic mass is 10.1. The third-order valence-corrected chi connectivity index (χ3v) is 4.76. The molecule has 3 rings (SSSR count). The number of nitrogens with zero attached hydrogens (tertiary/aromatic N) is 1. The third-order valence-electron chi connectivity index (χ3n) is 3.66. The van der Waals surface area contributed by atoms with E-state index < -0.39 is 0 Å². The second-order valence-corrected chi connectivity index (χ2v) is 6.68. The number of amides is 1. The normalized spacial score (nSPS) is 10.6. The first-order valence-corrected chi connectivity index (χ1v) is 8.76. The van der Waals surface area contributed by atoms with Crippen molar-refractivity contribution in [3.8, 4) is 16.5 Å². The highest BCUT2D eigenvalue weighted by atomic mass is 32.1. The minimum atomic E-state index is -0.261. The second-order valence-electron chi connectivity index (χ2n) is 5.56. The lowest BCUT2D eigenvalue weighted by molar-refractivity contribution is -0.111. The van der Waals surface area contributed by atoms with Gasteiger partial charge in [-0.1, -0.05) is 24.3 Å². The number of rotatable bonds is 5. The van der Waals surface area contributed by atoms with Crippen molar-refractivity contribution in [1.82, 2.24) is 0 Å². The number of hydrogen-bond donors (Lipinski definition) is 1. The number of nitrogens with one attached hydrogen (secondary N) is 1. The third kappa shape index (κ3) is 4.65. The van der Waals surface area contributed by atoms with Crippen LogP contribution in [0.2, 0.25) is 0 Å². The highest BCUT2D eigenvalue weighted by Gasteiger charge is 2.03. The summed E-state index contributed by atoms with van der Waals surface area (Å²) in [6.45, 7) is 0. The Labute approximate surface area is 155 Å². The van der Waals surface area contributed by atoms with Gasteiger partial charge in [0.15, 0.2) is 0 Å². The number of thiophene rings is 1. The Morgan fingerprint density at radius 2 is 1.81 bits per heavy atom. The predicted molar refractivity (Wildman–Crippen MR) is 103 cm³/mol. The monoisotopic (exact) mass is 362 g/mol. The van der Waals surface area contributed by atoms with E-state index in [-0.39, 0.29) is 11.7 Å². The lowest BCUT2D eigenvalue weighted by Crippen LogP contribution is -2.07. The lowest BCUT2D eigenvalue weighted by Gasteiger charge is -2.02. The maximum absolute atomic E-state index is 13.0. The highest BCUT2D eigenvalue weighted by Crippen LogP contribution is 2.28. The summed E-state index contributed by atoms with van der Waals surface area (Å²) in [5, 5.41) is 11.4. The van der Waals surface area contributed by atoms with Crippen LogP contribution in [0.25, 0.3) is 16.5 Å². The van der Waals surface area contributed by atoms with Crippen LogP contribution in [-0.2, 0) is 11.2 Å². The average molecular weight is 362 g/mol. The second kappa shape index (κ2) is 8.24. The van der Waals surface area contributed by atoms with Crippen molar-refractivity contribution in [3.63, 3.8) is 0 Å². The number of anilines is 1. The molecule has 1 N–H and O–H groups in total. The molecule has 3 aromatic rings. The maximum Gasteiger partial charge on any atom is 0.248 e. The van der Waals surface area contributed by atoms with Crippen LogP contribution >= 0.6 is 11.3 Å².